The van der Waals surface area contributed by atoms with Gasteiger partial charge in [0, 0.05) is 18.8 Å². The van der Waals surface area contributed by atoms with Crippen LogP contribution in [0.15, 0.2) is 53.4 Å². The standard InChI is InChI=1S/C22H26N2O5S/c1-3-29-22(26)17-11-12-20(16(2)14-17)23-21(25)18-8-7-13-24(15-18)30(27,28)19-9-5-4-6-10-19/h4-6,9-12,14,18H,3,7-8,13,15H2,1-2H3,(H,23,25)/t18-/m0/s1. The Labute approximate surface area is 177 Å². The van der Waals surface area contributed by atoms with E-state index in [0.29, 0.717) is 37.2 Å². The number of sulfonamides is 1. The third kappa shape index (κ3) is 4.88. The number of esters is 1. The van der Waals surface area contributed by atoms with Gasteiger partial charge >= 0.3 is 5.97 Å². The predicted molar refractivity (Wildman–Crippen MR) is 114 cm³/mol. The van der Waals surface area contributed by atoms with Gasteiger partial charge in [-0.25, -0.2) is 13.2 Å². The van der Waals surface area contributed by atoms with Crippen LogP contribution in [-0.2, 0) is 19.6 Å². The van der Waals surface area contributed by atoms with Crippen LogP contribution < -0.4 is 5.32 Å². The van der Waals surface area contributed by atoms with Gasteiger partial charge in [-0.3, -0.25) is 4.79 Å². The van der Waals surface area contributed by atoms with E-state index in [-0.39, 0.29) is 17.3 Å². The van der Waals surface area contributed by atoms with Gasteiger partial charge in [-0.1, -0.05) is 18.2 Å². The number of aryl methyl sites for hydroxylation is 1. The van der Waals surface area contributed by atoms with Crippen molar-refractivity contribution in [2.75, 3.05) is 25.0 Å². The first-order chi connectivity index (χ1) is 14.3. The smallest absolute Gasteiger partial charge is 0.338 e. The highest BCUT2D eigenvalue weighted by atomic mass is 32.2. The van der Waals surface area contributed by atoms with Crippen LogP contribution in [0.4, 0.5) is 5.69 Å². The van der Waals surface area contributed by atoms with E-state index in [2.05, 4.69) is 5.32 Å². The first-order valence-corrected chi connectivity index (χ1v) is 11.4. The average molecular weight is 431 g/mol. The Morgan fingerprint density at radius 1 is 1.17 bits per heavy atom. The Kier molecular flexibility index (Phi) is 6.89. The second-order valence-corrected chi connectivity index (χ2v) is 9.19. The van der Waals surface area contributed by atoms with Crippen LogP contribution in [0.25, 0.3) is 0 Å². The normalized spacial score (nSPS) is 17.3. The fraction of sp³-hybridized carbons (Fsp3) is 0.364. The van der Waals surface area contributed by atoms with Gasteiger partial charge in [0.2, 0.25) is 15.9 Å². The molecule has 0 aliphatic carbocycles. The molecular weight excluding hydrogens is 404 g/mol. The van der Waals surface area contributed by atoms with Crippen LogP contribution in [-0.4, -0.2) is 44.3 Å². The van der Waals surface area contributed by atoms with E-state index < -0.39 is 21.9 Å². The number of ether oxygens (including phenoxy) is 1. The molecule has 30 heavy (non-hydrogen) atoms. The van der Waals surface area contributed by atoms with Gasteiger partial charge in [0.15, 0.2) is 0 Å². The Bertz CT molecular complexity index is 1020. The summed E-state index contributed by atoms with van der Waals surface area (Å²) >= 11 is 0. The zero-order chi connectivity index (χ0) is 21.7. The maximum Gasteiger partial charge on any atom is 0.338 e. The lowest BCUT2D eigenvalue weighted by atomic mass is 9.98. The predicted octanol–water partition coefficient (Wildman–Crippen LogP) is 3.21. The SMILES string of the molecule is CCOC(=O)c1ccc(NC(=O)[C@H]2CCCN(S(=O)(=O)c3ccccc3)C2)c(C)c1. The quantitative estimate of drug-likeness (QED) is 0.711. The minimum Gasteiger partial charge on any atom is -0.462 e. The average Bonchev–Trinajstić information content (AvgIpc) is 2.76. The van der Waals surface area contributed by atoms with Gasteiger partial charge in [-0.2, -0.15) is 4.31 Å². The minimum atomic E-state index is -3.63. The van der Waals surface area contributed by atoms with Crippen LogP contribution in [0.2, 0.25) is 0 Å². The maximum atomic E-state index is 12.9. The number of nitrogens with one attached hydrogen (secondary N) is 1. The first kappa shape index (κ1) is 22.0. The molecular formula is C22H26N2O5S. The van der Waals surface area contributed by atoms with Crippen molar-refractivity contribution >= 4 is 27.6 Å². The molecule has 0 bridgehead atoms. The summed E-state index contributed by atoms with van der Waals surface area (Å²) in [6.45, 7) is 4.37. The third-order valence-electron chi connectivity index (χ3n) is 5.13. The summed E-state index contributed by atoms with van der Waals surface area (Å²) in [5, 5.41) is 2.88. The lowest BCUT2D eigenvalue weighted by molar-refractivity contribution is -0.120. The summed E-state index contributed by atoms with van der Waals surface area (Å²) in [7, 11) is -3.63. The molecule has 8 heteroatoms. The molecule has 1 heterocycles. The number of benzene rings is 2. The number of carbonyl (C=O) groups is 2. The van der Waals surface area contributed by atoms with E-state index in [1.54, 1.807) is 62.4 Å². The van der Waals surface area contributed by atoms with Crippen molar-refractivity contribution in [3.05, 3.63) is 59.7 Å². The van der Waals surface area contributed by atoms with Gasteiger partial charge in [-0.15, -0.1) is 0 Å². The number of hydrogen-bond donors (Lipinski definition) is 1. The molecule has 1 saturated heterocycles. The molecule has 1 amide bonds. The van der Waals surface area contributed by atoms with Crippen molar-refractivity contribution in [2.45, 2.75) is 31.6 Å². The van der Waals surface area contributed by atoms with E-state index in [9.17, 15) is 18.0 Å². The number of rotatable bonds is 6. The summed E-state index contributed by atoms with van der Waals surface area (Å²) in [4.78, 5) is 24.9. The van der Waals surface area contributed by atoms with Crippen LogP contribution in [0.3, 0.4) is 0 Å². The number of anilines is 1. The molecule has 3 rings (SSSR count). The topological polar surface area (TPSA) is 92.8 Å². The monoisotopic (exact) mass is 430 g/mol. The van der Waals surface area contributed by atoms with Crippen LogP contribution >= 0.6 is 0 Å². The van der Waals surface area contributed by atoms with Crippen LogP contribution in [0.1, 0.15) is 35.7 Å². The summed E-state index contributed by atoms with van der Waals surface area (Å²) < 4.78 is 32.1. The molecule has 0 saturated carbocycles. The van der Waals surface area contributed by atoms with Gasteiger partial charge < -0.3 is 10.1 Å². The number of amides is 1. The molecule has 0 aromatic heterocycles. The summed E-state index contributed by atoms with van der Waals surface area (Å²) in [6.07, 6.45) is 1.23. The Hall–Kier alpha value is -2.71. The third-order valence-corrected chi connectivity index (χ3v) is 7.01. The molecule has 1 aliphatic rings. The molecule has 1 N–H and O–H groups in total. The highest BCUT2D eigenvalue weighted by Gasteiger charge is 2.33. The van der Waals surface area contributed by atoms with E-state index >= 15 is 0 Å². The Balaban J connectivity index is 1.69. The number of carbonyl (C=O) groups excluding carboxylic acids is 2. The Morgan fingerprint density at radius 3 is 2.57 bits per heavy atom. The van der Waals surface area contributed by atoms with Crippen molar-refractivity contribution in [3.63, 3.8) is 0 Å². The second kappa shape index (κ2) is 9.40. The lowest BCUT2D eigenvalue weighted by Gasteiger charge is -2.31. The number of hydrogen-bond acceptors (Lipinski definition) is 5. The molecule has 2 aromatic carbocycles. The summed E-state index contributed by atoms with van der Waals surface area (Å²) in [6, 6.07) is 13.2. The van der Waals surface area contributed by atoms with Crippen molar-refractivity contribution in [2.24, 2.45) is 5.92 Å². The lowest BCUT2D eigenvalue weighted by Crippen LogP contribution is -2.43. The molecule has 7 nitrogen and oxygen atoms in total. The largest absolute Gasteiger partial charge is 0.462 e. The van der Waals surface area contributed by atoms with Crippen molar-refractivity contribution < 1.29 is 22.7 Å². The molecule has 0 radical (unpaired) electrons. The van der Waals surface area contributed by atoms with E-state index in [1.807, 2.05) is 0 Å². The second-order valence-electron chi connectivity index (χ2n) is 7.25. The van der Waals surface area contributed by atoms with E-state index in [0.717, 1.165) is 5.56 Å². The minimum absolute atomic E-state index is 0.142. The molecule has 1 atom stereocenters. The van der Waals surface area contributed by atoms with Crippen molar-refractivity contribution in [3.8, 4) is 0 Å². The highest BCUT2D eigenvalue weighted by Crippen LogP contribution is 2.25. The first-order valence-electron chi connectivity index (χ1n) is 9.96. The highest BCUT2D eigenvalue weighted by molar-refractivity contribution is 7.89. The fourth-order valence-corrected chi connectivity index (χ4v) is 5.04. The van der Waals surface area contributed by atoms with Gasteiger partial charge in [0.25, 0.3) is 0 Å². The Morgan fingerprint density at radius 2 is 1.90 bits per heavy atom. The van der Waals surface area contributed by atoms with Crippen LogP contribution in [0.5, 0.6) is 0 Å². The maximum absolute atomic E-state index is 12.9. The zero-order valence-corrected chi connectivity index (χ0v) is 17.9. The molecule has 2 aromatic rings. The number of nitrogens with zero attached hydrogens (tertiary/aromatic N) is 1. The molecule has 0 spiro atoms. The number of piperidine rings is 1. The zero-order valence-electron chi connectivity index (χ0n) is 17.1. The van der Waals surface area contributed by atoms with Gasteiger partial charge in [0.1, 0.15) is 0 Å². The molecule has 1 fully saturated rings. The van der Waals surface area contributed by atoms with E-state index in [4.69, 9.17) is 4.74 Å². The molecule has 0 unspecified atom stereocenters. The molecule has 160 valence electrons. The fourth-order valence-electron chi connectivity index (χ4n) is 3.50. The van der Waals surface area contributed by atoms with Crippen molar-refractivity contribution in [1.29, 1.82) is 0 Å². The van der Waals surface area contributed by atoms with Crippen LogP contribution in [0, 0.1) is 12.8 Å². The van der Waals surface area contributed by atoms with Crippen molar-refractivity contribution in [1.82, 2.24) is 4.31 Å². The summed E-state index contributed by atoms with van der Waals surface area (Å²) in [5.41, 5.74) is 1.75. The summed E-state index contributed by atoms with van der Waals surface area (Å²) in [5.74, 6) is -1.08. The van der Waals surface area contributed by atoms with Gasteiger partial charge in [-0.05, 0) is 62.6 Å². The van der Waals surface area contributed by atoms with E-state index in [1.165, 1.54) is 4.31 Å². The molecule has 1 aliphatic heterocycles. The van der Waals surface area contributed by atoms with Gasteiger partial charge in [0.05, 0.1) is 23.0 Å².